The van der Waals surface area contributed by atoms with Gasteiger partial charge in [0.05, 0.1) is 15.9 Å². The Morgan fingerprint density at radius 3 is 2.26 bits per heavy atom. The fraction of sp³-hybridized carbons (Fsp3) is 0.167. The molecular formula is C18H16N4O5. The number of fused-ring (bicyclic) bond motifs is 1. The Bertz CT molecular complexity index is 1170. The van der Waals surface area contributed by atoms with E-state index in [2.05, 4.69) is 10.3 Å². The third-order valence-corrected chi connectivity index (χ3v) is 4.40. The molecule has 0 atom stereocenters. The molecule has 9 heteroatoms. The zero-order valence-corrected chi connectivity index (χ0v) is 14.8. The molecule has 138 valence electrons. The second kappa shape index (κ2) is 6.52. The average Bonchev–Trinajstić information content (AvgIpc) is 2.58. The van der Waals surface area contributed by atoms with Gasteiger partial charge in [0.2, 0.25) is 0 Å². The van der Waals surface area contributed by atoms with Gasteiger partial charge in [-0.2, -0.15) is 0 Å². The molecule has 0 aliphatic carbocycles. The number of benzene rings is 2. The maximum atomic E-state index is 12.5. The number of pyridine rings is 1. The topological polar surface area (TPSA) is 131 Å². The summed E-state index contributed by atoms with van der Waals surface area (Å²) in [6.45, 7) is 5.14. The highest BCUT2D eigenvalue weighted by molar-refractivity contribution is 5.88. The summed E-state index contributed by atoms with van der Waals surface area (Å²) in [6.07, 6.45) is 0. The first-order valence-electron chi connectivity index (χ1n) is 8.02. The minimum atomic E-state index is -0.719. The highest BCUT2D eigenvalue weighted by atomic mass is 16.6. The van der Waals surface area contributed by atoms with Crippen molar-refractivity contribution in [2.24, 2.45) is 0 Å². The van der Waals surface area contributed by atoms with Crippen molar-refractivity contribution in [2.45, 2.75) is 20.8 Å². The number of H-pyrrole nitrogens is 1. The van der Waals surface area contributed by atoms with Crippen LogP contribution in [0.5, 0.6) is 0 Å². The predicted octanol–water partition coefficient (Wildman–Crippen LogP) is 4.01. The Morgan fingerprint density at radius 2 is 1.63 bits per heavy atom. The van der Waals surface area contributed by atoms with Gasteiger partial charge >= 0.3 is 0 Å². The number of anilines is 2. The second-order valence-corrected chi connectivity index (χ2v) is 6.30. The van der Waals surface area contributed by atoms with E-state index in [1.165, 1.54) is 13.0 Å². The van der Waals surface area contributed by atoms with E-state index in [0.717, 1.165) is 17.0 Å². The molecule has 1 heterocycles. The lowest BCUT2D eigenvalue weighted by Gasteiger charge is -2.12. The number of nitro groups is 2. The molecule has 0 bridgehead atoms. The summed E-state index contributed by atoms with van der Waals surface area (Å²) < 4.78 is 0. The minimum Gasteiger partial charge on any atom is -0.345 e. The van der Waals surface area contributed by atoms with Crippen LogP contribution in [0, 0.1) is 41.0 Å². The molecule has 9 nitrogen and oxygen atoms in total. The van der Waals surface area contributed by atoms with E-state index < -0.39 is 21.1 Å². The van der Waals surface area contributed by atoms with Crippen LogP contribution in [0.2, 0.25) is 0 Å². The smallest absolute Gasteiger partial charge is 0.299 e. The third-order valence-electron chi connectivity index (χ3n) is 4.40. The summed E-state index contributed by atoms with van der Waals surface area (Å²) in [4.78, 5) is 36.3. The van der Waals surface area contributed by atoms with E-state index in [1.54, 1.807) is 13.0 Å². The van der Waals surface area contributed by atoms with E-state index in [4.69, 9.17) is 0 Å². The number of nitrogens with zero attached hydrogens (tertiary/aromatic N) is 2. The Balaban J connectivity index is 2.21. The van der Waals surface area contributed by atoms with E-state index in [0.29, 0.717) is 11.1 Å². The van der Waals surface area contributed by atoms with Crippen LogP contribution in [0.15, 0.2) is 35.1 Å². The van der Waals surface area contributed by atoms with Crippen LogP contribution in [-0.2, 0) is 0 Å². The quantitative estimate of drug-likeness (QED) is 0.528. The molecule has 0 saturated carbocycles. The molecule has 0 spiro atoms. The molecular weight excluding hydrogens is 352 g/mol. The van der Waals surface area contributed by atoms with Crippen LogP contribution < -0.4 is 10.9 Å². The number of nitrogens with one attached hydrogen (secondary N) is 2. The number of aromatic amines is 1. The summed E-state index contributed by atoms with van der Waals surface area (Å²) in [5.74, 6) is 0. The lowest BCUT2D eigenvalue weighted by molar-refractivity contribution is -0.394. The molecule has 3 aromatic rings. The monoisotopic (exact) mass is 368 g/mol. The number of rotatable bonds is 4. The standard InChI is InChI=1S/C18H16N4O5/c1-9-4-5-13-12(6-9)11(3)17(18(23)20-13)19-14-7-10(2)15(21(24)25)8-16(14)22(26)27/h4-8,19H,1-3H3,(H,20,23). The molecule has 0 saturated heterocycles. The van der Waals surface area contributed by atoms with E-state index in [1.807, 2.05) is 19.1 Å². The van der Waals surface area contributed by atoms with Crippen molar-refractivity contribution in [1.29, 1.82) is 0 Å². The van der Waals surface area contributed by atoms with Gasteiger partial charge in [-0.1, -0.05) is 11.6 Å². The summed E-state index contributed by atoms with van der Waals surface area (Å²) in [6, 6.07) is 7.76. The number of aromatic nitrogens is 1. The first-order valence-corrected chi connectivity index (χ1v) is 8.02. The highest BCUT2D eigenvalue weighted by Crippen LogP contribution is 2.34. The zero-order valence-electron chi connectivity index (χ0n) is 14.8. The van der Waals surface area contributed by atoms with Crippen LogP contribution in [-0.4, -0.2) is 14.8 Å². The van der Waals surface area contributed by atoms with Gasteiger partial charge in [-0.05, 0) is 44.5 Å². The van der Waals surface area contributed by atoms with Gasteiger partial charge < -0.3 is 10.3 Å². The maximum absolute atomic E-state index is 12.5. The Kier molecular flexibility index (Phi) is 4.36. The van der Waals surface area contributed by atoms with Gasteiger partial charge in [-0.15, -0.1) is 0 Å². The number of aryl methyl sites for hydroxylation is 3. The van der Waals surface area contributed by atoms with Crippen molar-refractivity contribution in [1.82, 2.24) is 4.98 Å². The van der Waals surface area contributed by atoms with E-state index in [9.17, 15) is 25.0 Å². The number of hydrogen-bond donors (Lipinski definition) is 2. The van der Waals surface area contributed by atoms with Crippen molar-refractivity contribution in [3.8, 4) is 0 Å². The molecule has 0 amide bonds. The predicted molar refractivity (Wildman–Crippen MR) is 102 cm³/mol. The lowest BCUT2D eigenvalue weighted by atomic mass is 10.1. The normalized spacial score (nSPS) is 10.8. The Hall–Kier alpha value is -3.75. The van der Waals surface area contributed by atoms with Crippen LogP contribution >= 0.6 is 0 Å². The van der Waals surface area contributed by atoms with Crippen LogP contribution in [0.25, 0.3) is 10.9 Å². The van der Waals surface area contributed by atoms with E-state index >= 15 is 0 Å². The molecule has 0 aliphatic rings. The summed E-state index contributed by atoms with van der Waals surface area (Å²) in [7, 11) is 0. The van der Waals surface area contributed by atoms with Crippen LogP contribution in [0.4, 0.5) is 22.7 Å². The Labute approximate surface area is 153 Å². The highest BCUT2D eigenvalue weighted by Gasteiger charge is 2.24. The van der Waals surface area contributed by atoms with Crippen molar-refractivity contribution >= 4 is 33.7 Å². The van der Waals surface area contributed by atoms with Crippen LogP contribution in [0.1, 0.15) is 16.7 Å². The number of nitro benzene ring substituents is 2. The van der Waals surface area contributed by atoms with Gasteiger partial charge in [-0.3, -0.25) is 25.0 Å². The summed E-state index contributed by atoms with van der Waals surface area (Å²) in [5, 5.41) is 26.0. The lowest BCUT2D eigenvalue weighted by Crippen LogP contribution is -2.14. The SMILES string of the molecule is Cc1ccc2[nH]c(=O)c(Nc3cc(C)c([N+](=O)[O-])cc3[N+](=O)[O-])c(C)c2c1. The molecule has 27 heavy (non-hydrogen) atoms. The van der Waals surface area contributed by atoms with Crippen molar-refractivity contribution in [3.05, 3.63) is 77.6 Å². The van der Waals surface area contributed by atoms with Gasteiger partial charge in [-0.25, -0.2) is 0 Å². The van der Waals surface area contributed by atoms with Crippen molar-refractivity contribution < 1.29 is 9.85 Å². The van der Waals surface area contributed by atoms with Gasteiger partial charge in [0, 0.05) is 16.5 Å². The maximum Gasteiger partial charge on any atom is 0.299 e. The molecule has 0 unspecified atom stereocenters. The second-order valence-electron chi connectivity index (χ2n) is 6.30. The Morgan fingerprint density at radius 1 is 0.963 bits per heavy atom. The average molecular weight is 368 g/mol. The first kappa shape index (κ1) is 18.1. The fourth-order valence-corrected chi connectivity index (χ4v) is 2.99. The third kappa shape index (κ3) is 3.22. The molecule has 1 aromatic heterocycles. The van der Waals surface area contributed by atoms with Crippen molar-refractivity contribution in [3.63, 3.8) is 0 Å². The molecule has 0 fully saturated rings. The summed E-state index contributed by atoms with van der Waals surface area (Å²) in [5.41, 5.74) is 1.44. The van der Waals surface area contributed by atoms with Crippen molar-refractivity contribution in [2.75, 3.05) is 5.32 Å². The molecule has 0 aliphatic heterocycles. The fourth-order valence-electron chi connectivity index (χ4n) is 2.99. The molecule has 3 rings (SSSR count). The van der Waals surface area contributed by atoms with Crippen LogP contribution in [0.3, 0.4) is 0 Å². The summed E-state index contributed by atoms with van der Waals surface area (Å²) >= 11 is 0. The first-order chi connectivity index (χ1) is 12.7. The molecule has 2 N–H and O–H groups in total. The zero-order chi connectivity index (χ0) is 19.9. The number of hydrogen-bond acceptors (Lipinski definition) is 6. The van der Waals surface area contributed by atoms with Gasteiger partial charge in [0.25, 0.3) is 16.9 Å². The molecule has 0 radical (unpaired) electrons. The van der Waals surface area contributed by atoms with Gasteiger partial charge in [0.15, 0.2) is 0 Å². The molecule has 2 aromatic carbocycles. The largest absolute Gasteiger partial charge is 0.345 e. The minimum absolute atomic E-state index is 0.0173. The van der Waals surface area contributed by atoms with E-state index in [-0.39, 0.29) is 22.6 Å². The van der Waals surface area contributed by atoms with Gasteiger partial charge in [0.1, 0.15) is 11.4 Å².